The van der Waals surface area contributed by atoms with Crippen molar-refractivity contribution in [1.29, 1.82) is 0 Å². The summed E-state index contributed by atoms with van der Waals surface area (Å²) in [7, 11) is -0.745. The molecule has 0 aliphatic carbocycles. The third-order valence-corrected chi connectivity index (χ3v) is 5.68. The monoisotopic (exact) mass is 402 g/mol. The fourth-order valence-corrected chi connectivity index (χ4v) is 4.02. The third kappa shape index (κ3) is 3.45. The Labute approximate surface area is 171 Å². The second-order valence-electron chi connectivity index (χ2n) is 6.66. The molecule has 29 heavy (non-hydrogen) atoms. The number of thioether (sulfide) groups is 1. The van der Waals surface area contributed by atoms with Crippen LogP contribution in [0.25, 0.3) is 11.2 Å². The minimum Gasteiger partial charge on any atom is -0.521 e. The Bertz CT molecular complexity index is 1210. The molecule has 9 heteroatoms. The van der Waals surface area contributed by atoms with Crippen molar-refractivity contribution in [3.8, 4) is 5.75 Å². The van der Waals surface area contributed by atoms with Gasteiger partial charge in [-0.05, 0) is 30.2 Å². The van der Waals surface area contributed by atoms with E-state index < -0.39 is 7.12 Å². The van der Waals surface area contributed by atoms with Gasteiger partial charge in [0.15, 0.2) is 5.65 Å². The number of carbonyl (C=O) groups is 1. The number of rotatable bonds is 4. The predicted octanol–water partition coefficient (Wildman–Crippen LogP) is 2.90. The molecule has 4 aromatic rings. The summed E-state index contributed by atoms with van der Waals surface area (Å²) in [6, 6.07) is 13.3. The highest BCUT2D eigenvalue weighted by molar-refractivity contribution is 7.98. The molecule has 2 aromatic carbocycles. The summed E-state index contributed by atoms with van der Waals surface area (Å²) in [5.41, 5.74) is 4.88. The van der Waals surface area contributed by atoms with Crippen molar-refractivity contribution in [1.82, 2.24) is 19.9 Å². The number of nitrogens with zero attached hydrogens (tertiary/aromatic N) is 3. The van der Waals surface area contributed by atoms with Crippen LogP contribution in [0.2, 0.25) is 0 Å². The molecule has 1 N–H and O–H groups in total. The standard InChI is InChI=1S/C20H15BN4O3S/c1-12-2-7-15-16(8-12)27-21(28-20(15)26)14-5-3-13(4-6-14)9-29-19-17-18(23-10-22-17)24-11-25-19/h2-8,10-11H,9H2,1H3,(H,22,23,24,25). The Hall–Kier alpha value is -3.33. The van der Waals surface area contributed by atoms with E-state index in [4.69, 9.17) is 9.31 Å². The lowest BCUT2D eigenvalue weighted by molar-refractivity contribution is 0.0687. The van der Waals surface area contributed by atoms with Crippen LogP contribution in [0.15, 0.2) is 60.1 Å². The number of hydrogen-bond acceptors (Lipinski definition) is 7. The molecular formula is C20H15BN4O3S. The average Bonchev–Trinajstić information content (AvgIpc) is 3.22. The van der Waals surface area contributed by atoms with Crippen LogP contribution >= 0.6 is 11.8 Å². The Kier molecular flexibility index (Phi) is 4.44. The maximum absolute atomic E-state index is 12.3. The molecule has 0 spiro atoms. The first-order valence-corrected chi connectivity index (χ1v) is 10.00. The molecule has 0 atom stereocenters. The maximum Gasteiger partial charge on any atom is 0.634 e. The lowest BCUT2D eigenvalue weighted by Gasteiger charge is -2.23. The van der Waals surface area contributed by atoms with Gasteiger partial charge >= 0.3 is 13.1 Å². The summed E-state index contributed by atoms with van der Waals surface area (Å²) in [6.07, 6.45) is 3.13. The summed E-state index contributed by atoms with van der Waals surface area (Å²) < 4.78 is 11.4. The van der Waals surface area contributed by atoms with E-state index in [-0.39, 0.29) is 5.97 Å². The van der Waals surface area contributed by atoms with Gasteiger partial charge in [0.1, 0.15) is 22.6 Å². The fraction of sp³-hybridized carbons (Fsp3) is 0.100. The van der Waals surface area contributed by atoms with Gasteiger partial charge in [-0.15, -0.1) is 0 Å². The van der Waals surface area contributed by atoms with Gasteiger partial charge < -0.3 is 14.3 Å². The van der Waals surface area contributed by atoms with Crippen LogP contribution in [-0.4, -0.2) is 33.0 Å². The summed E-state index contributed by atoms with van der Waals surface area (Å²) in [5, 5.41) is 0.855. The van der Waals surface area contributed by atoms with E-state index in [1.54, 1.807) is 24.2 Å². The zero-order valence-corrected chi connectivity index (χ0v) is 16.3. The molecule has 0 saturated carbocycles. The lowest BCUT2D eigenvalue weighted by atomic mass is 9.77. The Balaban J connectivity index is 1.30. The quantitative estimate of drug-likeness (QED) is 0.319. The van der Waals surface area contributed by atoms with Gasteiger partial charge in [-0.2, -0.15) is 0 Å². The van der Waals surface area contributed by atoms with Gasteiger partial charge in [-0.25, -0.2) is 19.7 Å². The van der Waals surface area contributed by atoms with Gasteiger partial charge in [-0.3, -0.25) is 0 Å². The van der Waals surface area contributed by atoms with Crippen molar-refractivity contribution in [3.63, 3.8) is 0 Å². The smallest absolute Gasteiger partial charge is 0.521 e. The number of nitrogens with one attached hydrogen (secondary N) is 1. The van der Waals surface area contributed by atoms with Crippen LogP contribution < -0.4 is 10.1 Å². The average molecular weight is 402 g/mol. The molecule has 0 bridgehead atoms. The number of fused-ring (bicyclic) bond motifs is 2. The minimum absolute atomic E-state index is 0.372. The molecule has 142 valence electrons. The molecule has 0 amide bonds. The zero-order valence-electron chi connectivity index (χ0n) is 15.5. The maximum atomic E-state index is 12.3. The van der Waals surface area contributed by atoms with E-state index in [2.05, 4.69) is 19.9 Å². The minimum atomic E-state index is -0.745. The van der Waals surface area contributed by atoms with Gasteiger partial charge in [0, 0.05) is 11.2 Å². The molecule has 3 heterocycles. The number of carbonyl (C=O) groups excluding carboxylic acids is 1. The molecule has 5 rings (SSSR count). The molecule has 0 radical (unpaired) electrons. The molecule has 7 nitrogen and oxygen atoms in total. The number of aromatic nitrogens is 4. The summed E-state index contributed by atoms with van der Waals surface area (Å²) in [6.45, 7) is 1.96. The van der Waals surface area contributed by atoms with Gasteiger partial charge in [0.2, 0.25) is 0 Å². The van der Waals surface area contributed by atoms with Gasteiger partial charge in [0.05, 0.1) is 11.9 Å². The normalized spacial score (nSPS) is 13.1. The van der Waals surface area contributed by atoms with Gasteiger partial charge in [-0.1, -0.05) is 42.1 Å². The van der Waals surface area contributed by atoms with Crippen molar-refractivity contribution in [3.05, 3.63) is 71.8 Å². The van der Waals surface area contributed by atoms with Crippen LogP contribution in [0.1, 0.15) is 21.5 Å². The summed E-state index contributed by atoms with van der Waals surface area (Å²) in [4.78, 5) is 27.9. The molecular weight excluding hydrogens is 387 g/mol. The number of aryl methyl sites for hydroxylation is 1. The lowest BCUT2D eigenvalue weighted by Crippen LogP contribution is -2.44. The first-order chi connectivity index (χ1) is 14.2. The molecule has 0 unspecified atom stereocenters. The topological polar surface area (TPSA) is 90.0 Å². The highest BCUT2D eigenvalue weighted by Gasteiger charge is 2.35. The van der Waals surface area contributed by atoms with Crippen molar-refractivity contribution in [2.75, 3.05) is 0 Å². The van der Waals surface area contributed by atoms with Crippen LogP contribution in [-0.2, 0) is 10.4 Å². The largest absolute Gasteiger partial charge is 0.634 e. The SMILES string of the molecule is Cc1ccc2c(c1)OB(c1ccc(CSc3ncnc4nc[nH]c34)cc1)OC2=O. The number of H-pyrrole nitrogens is 1. The highest BCUT2D eigenvalue weighted by atomic mass is 32.2. The number of imidazole rings is 1. The predicted molar refractivity (Wildman–Crippen MR) is 110 cm³/mol. The Morgan fingerprint density at radius 3 is 2.79 bits per heavy atom. The van der Waals surface area contributed by atoms with Crippen molar-refractivity contribution >= 4 is 41.5 Å². The van der Waals surface area contributed by atoms with E-state index in [0.717, 1.165) is 32.9 Å². The second-order valence-corrected chi connectivity index (χ2v) is 7.63. The summed E-state index contributed by atoms with van der Waals surface area (Å²) >= 11 is 1.60. The van der Waals surface area contributed by atoms with E-state index >= 15 is 0 Å². The Morgan fingerprint density at radius 1 is 1.07 bits per heavy atom. The Morgan fingerprint density at radius 2 is 1.93 bits per heavy atom. The first kappa shape index (κ1) is 17.8. The molecule has 2 aromatic heterocycles. The van der Waals surface area contributed by atoms with Crippen LogP contribution in [0.4, 0.5) is 0 Å². The number of aromatic amines is 1. The highest BCUT2D eigenvalue weighted by Crippen LogP contribution is 2.27. The van der Waals surface area contributed by atoms with Crippen LogP contribution in [0.5, 0.6) is 5.75 Å². The molecule has 1 aliphatic rings. The van der Waals surface area contributed by atoms with E-state index in [9.17, 15) is 4.79 Å². The fourth-order valence-electron chi connectivity index (χ4n) is 3.11. The zero-order chi connectivity index (χ0) is 19.8. The molecule has 1 aliphatic heterocycles. The first-order valence-electron chi connectivity index (χ1n) is 9.01. The van der Waals surface area contributed by atoms with Crippen molar-refractivity contribution < 1.29 is 14.1 Å². The van der Waals surface area contributed by atoms with Crippen LogP contribution in [0, 0.1) is 6.92 Å². The molecule has 0 saturated heterocycles. The third-order valence-electron chi connectivity index (χ3n) is 4.62. The molecule has 0 fully saturated rings. The number of benzene rings is 2. The van der Waals surface area contributed by atoms with Crippen LogP contribution in [0.3, 0.4) is 0 Å². The van der Waals surface area contributed by atoms with Gasteiger partial charge in [0.25, 0.3) is 0 Å². The van der Waals surface area contributed by atoms with Crippen molar-refractivity contribution in [2.45, 2.75) is 17.7 Å². The van der Waals surface area contributed by atoms with Crippen molar-refractivity contribution in [2.24, 2.45) is 0 Å². The van der Waals surface area contributed by atoms with E-state index in [1.807, 2.05) is 43.3 Å². The second kappa shape index (κ2) is 7.25. The number of hydrogen-bond donors (Lipinski definition) is 1. The van der Waals surface area contributed by atoms with E-state index in [1.165, 1.54) is 6.33 Å². The summed E-state index contributed by atoms with van der Waals surface area (Å²) in [5.74, 6) is 0.917. The van der Waals surface area contributed by atoms with E-state index in [0.29, 0.717) is 17.0 Å².